The predicted octanol–water partition coefficient (Wildman–Crippen LogP) is 1.80. The molecule has 0 aliphatic carbocycles. The number of thiocarbonyl (C=S) groups is 1. The van der Waals surface area contributed by atoms with Crippen molar-refractivity contribution in [2.75, 3.05) is 4.90 Å². The van der Waals surface area contributed by atoms with E-state index in [0.717, 1.165) is 4.47 Å². The molecule has 1 saturated heterocycles. The minimum absolute atomic E-state index is 0.00438. The van der Waals surface area contributed by atoms with E-state index in [1.807, 2.05) is 0 Å². The summed E-state index contributed by atoms with van der Waals surface area (Å²) in [5.74, 6) is -2.16. The number of anilines is 1. The maximum absolute atomic E-state index is 12.9. The molecule has 0 aromatic heterocycles. The first kappa shape index (κ1) is 20.7. The first-order valence-electron chi connectivity index (χ1n) is 8.41. The fourth-order valence-electron chi connectivity index (χ4n) is 2.57. The molecule has 0 radical (unpaired) electrons. The number of aliphatic carboxylic acids is 1. The molecular weight excluding hydrogens is 460 g/mol. The third-order valence-electron chi connectivity index (χ3n) is 4.00. The summed E-state index contributed by atoms with van der Waals surface area (Å²) in [6.45, 7) is 1.36. The highest BCUT2D eigenvalue weighted by Gasteiger charge is 2.34. The highest BCUT2D eigenvalue weighted by Crippen LogP contribution is 2.25. The van der Waals surface area contributed by atoms with Crippen molar-refractivity contribution in [1.82, 2.24) is 5.32 Å². The molecule has 1 aliphatic heterocycles. The summed E-state index contributed by atoms with van der Waals surface area (Å²) in [5, 5.41) is 13.3. The Kier molecular flexibility index (Phi) is 6.09. The van der Waals surface area contributed by atoms with Crippen LogP contribution in [0.4, 0.5) is 5.69 Å². The van der Waals surface area contributed by atoms with Crippen LogP contribution in [-0.4, -0.2) is 29.0 Å². The molecule has 1 N–H and O–H groups in total. The molecule has 1 heterocycles. The topological polar surface area (TPSA) is 98.8 Å². The molecule has 0 saturated carbocycles. The second kappa shape index (κ2) is 8.54. The lowest BCUT2D eigenvalue weighted by Gasteiger charge is -2.29. The number of carboxylic acid groups (broad SMARTS) is 1. The van der Waals surface area contributed by atoms with Crippen molar-refractivity contribution in [3.05, 3.63) is 64.1 Å². The van der Waals surface area contributed by atoms with Crippen LogP contribution in [0.5, 0.6) is 5.75 Å². The number of amides is 2. The smallest absolute Gasteiger partial charge is 0.270 e. The average molecular weight is 474 g/mol. The number of carboxylic acids is 1. The van der Waals surface area contributed by atoms with Crippen LogP contribution in [0.3, 0.4) is 0 Å². The number of halogens is 1. The summed E-state index contributed by atoms with van der Waals surface area (Å²) in [4.78, 5) is 37.3. The Morgan fingerprint density at radius 3 is 2.55 bits per heavy atom. The minimum Gasteiger partial charge on any atom is -0.546 e. The van der Waals surface area contributed by atoms with Crippen molar-refractivity contribution in [1.29, 1.82) is 0 Å². The van der Waals surface area contributed by atoms with Gasteiger partial charge in [-0.25, -0.2) is 0 Å². The van der Waals surface area contributed by atoms with E-state index < -0.39 is 23.9 Å². The zero-order valence-corrected chi connectivity index (χ0v) is 17.5. The van der Waals surface area contributed by atoms with Crippen molar-refractivity contribution in [3.8, 4) is 5.75 Å². The molecule has 2 aromatic carbocycles. The van der Waals surface area contributed by atoms with E-state index in [4.69, 9.17) is 17.0 Å². The van der Waals surface area contributed by atoms with Crippen LogP contribution in [0, 0.1) is 0 Å². The van der Waals surface area contributed by atoms with Crippen LogP contribution in [-0.2, 0) is 14.4 Å². The first-order chi connectivity index (χ1) is 13.8. The molecule has 1 aliphatic rings. The summed E-state index contributed by atoms with van der Waals surface area (Å²) in [6, 6.07) is 13.2. The summed E-state index contributed by atoms with van der Waals surface area (Å²) in [6.07, 6.45) is 0.320. The molecule has 29 heavy (non-hydrogen) atoms. The molecule has 9 heteroatoms. The van der Waals surface area contributed by atoms with Gasteiger partial charge in [0.15, 0.2) is 5.11 Å². The van der Waals surface area contributed by atoms with Crippen LogP contribution >= 0.6 is 28.1 Å². The molecule has 0 bridgehead atoms. The van der Waals surface area contributed by atoms with Gasteiger partial charge < -0.3 is 14.6 Å². The summed E-state index contributed by atoms with van der Waals surface area (Å²) in [5.41, 5.74) is 0.981. The summed E-state index contributed by atoms with van der Waals surface area (Å²) in [7, 11) is 0. The number of nitrogens with one attached hydrogen (secondary N) is 1. The number of carbonyl (C=O) groups excluding carboxylic acids is 3. The lowest BCUT2D eigenvalue weighted by Crippen LogP contribution is -2.54. The second-order valence-corrected chi connectivity index (χ2v) is 7.39. The minimum atomic E-state index is -1.33. The van der Waals surface area contributed by atoms with Crippen LogP contribution in [0.1, 0.15) is 12.5 Å². The molecule has 148 valence electrons. The molecular formula is C20H14BrN2O5S-. The van der Waals surface area contributed by atoms with Gasteiger partial charge in [-0.05, 0) is 61.1 Å². The van der Waals surface area contributed by atoms with Gasteiger partial charge in [-0.2, -0.15) is 0 Å². The summed E-state index contributed by atoms with van der Waals surface area (Å²) < 4.78 is 5.96. The number of benzene rings is 2. The molecule has 3 rings (SSSR count). The van der Waals surface area contributed by atoms with Gasteiger partial charge in [-0.3, -0.25) is 19.8 Å². The van der Waals surface area contributed by atoms with Crippen molar-refractivity contribution >= 4 is 62.8 Å². The Balaban J connectivity index is 1.87. The zero-order valence-electron chi connectivity index (χ0n) is 15.0. The van der Waals surface area contributed by atoms with Crippen molar-refractivity contribution < 1.29 is 24.2 Å². The van der Waals surface area contributed by atoms with E-state index in [1.165, 1.54) is 30.0 Å². The van der Waals surface area contributed by atoms with Gasteiger partial charge in [0.25, 0.3) is 11.8 Å². The highest BCUT2D eigenvalue weighted by molar-refractivity contribution is 9.10. The van der Waals surface area contributed by atoms with Crippen LogP contribution in [0.15, 0.2) is 58.6 Å². The number of ether oxygens (including phenoxy) is 1. The van der Waals surface area contributed by atoms with Crippen molar-refractivity contribution in [3.63, 3.8) is 0 Å². The maximum Gasteiger partial charge on any atom is 0.270 e. The van der Waals surface area contributed by atoms with Gasteiger partial charge in [-0.15, -0.1) is 0 Å². The fourth-order valence-corrected chi connectivity index (χ4v) is 3.24. The first-order valence-corrected chi connectivity index (χ1v) is 9.61. The lowest BCUT2D eigenvalue weighted by molar-refractivity contribution is -0.312. The predicted molar refractivity (Wildman–Crippen MR) is 112 cm³/mol. The molecule has 1 atom stereocenters. The highest BCUT2D eigenvalue weighted by atomic mass is 79.9. The molecule has 2 amide bonds. The van der Waals surface area contributed by atoms with Gasteiger partial charge in [0.2, 0.25) is 0 Å². The van der Waals surface area contributed by atoms with E-state index in [0.29, 0.717) is 17.0 Å². The zero-order chi connectivity index (χ0) is 21.1. The van der Waals surface area contributed by atoms with E-state index in [1.54, 1.807) is 36.4 Å². The Morgan fingerprint density at radius 1 is 1.24 bits per heavy atom. The maximum atomic E-state index is 12.9. The third-order valence-corrected chi connectivity index (χ3v) is 4.78. The average Bonchev–Trinajstić information content (AvgIpc) is 2.66. The van der Waals surface area contributed by atoms with Gasteiger partial charge in [0.05, 0.1) is 11.7 Å². The monoisotopic (exact) mass is 473 g/mol. The van der Waals surface area contributed by atoms with Crippen LogP contribution in [0.2, 0.25) is 0 Å². The standard InChI is InChI=1S/C20H15BrN2O5S/c1-11(19(26)27)28-15-7-5-12(6-8-15)9-16-17(24)22-20(29)23(18(16)25)14-4-2-3-13(21)10-14/h2-11H,1H3,(H,26,27)(H,22,24,29)/p-1/b16-9+/t11-/m0/s1. The number of nitrogens with zero attached hydrogens (tertiary/aromatic N) is 1. The van der Waals surface area contributed by atoms with Crippen LogP contribution in [0.25, 0.3) is 6.08 Å². The Labute approximate surface area is 180 Å². The van der Waals surface area contributed by atoms with E-state index in [2.05, 4.69) is 21.2 Å². The third kappa shape index (κ3) is 4.69. The molecule has 2 aromatic rings. The normalized spacial score (nSPS) is 16.6. The molecule has 1 fully saturated rings. The second-order valence-electron chi connectivity index (χ2n) is 6.09. The van der Waals surface area contributed by atoms with E-state index in [9.17, 15) is 19.5 Å². The van der Waals surface area contributed by atoms with Gasteiger partial charge in [-0.1, -0.05) is 34.1 Å². The fraction of sp³-hybridized carbons (Fsp3) is 0.100. The quantitative estimate of drug-likeness (QED) is 0.403. The molecule has 0 spiro atoms. The van der Waals surface area contributed by atoms with Crippen LogP contribution < -0.4 is 20.1 Å². The van der Waals surface area contributed by atoms with Gasteiger partial charge >= 0.3 is 0 Å². The number of hydrogen-bond acceptors (Lipinski definition) is 6. The Morgan fingerprint density at radius 2 is 1.93 bits per heavy atom. The lowest BCUT2D eigenvalue weighted by atomic mass is 10.1. The molecule has 7 nitrogen and oxygen atoms in total. The summed E-state index contributed by atoms with van der Waals surface area (Å²) >= 11 is 8.51. The number of rotatable bonds is 5. The van der Waals surface area contributed by atoms with Crippen molar-refractivity contribution in [2.45, 2.75) is 13.0 Å². The number of hydrogen-bond donors (Lipinski definition) is 1. The Hall–Kier alpha value is -3.04. The SMILES string of the molecule is C[C@H](Oc1ccc(/C=C2\C(=O)NC(=S)N(c3cccc(Br)c3)C2=O)cc1)C(=O)[O-]. The van der Waals surface area contributed by atoms with E-state index >= 15 is 0 Å². The number of carbonyl (C=O) groups is 3. The Bertz CT molecular complexity index is 1040. The van der Waals surface area contributed by atoms with Crippen molar-refractivity contribution in [2.24, 2.45) is 0 Å². The largest absolute Gasteiger partial charge is 0.546 e. The molecule has 0 unspecified atom stereocenters. The van der Waals surface area contributed by atoms with E-state index in [-0.39, 0.29) is 10.7 Å². The van der Waals surface area contributed by atoms with Gasteiger partial charge in [0, 0.05) is 4.47 Å². The van der Waals surface area contributed by atoms with Gasteiger partial charge in [0.1, 0.15) is 17.4 Å².